The minimum absolute atomic E-state index is 0.287. The number of carbonyl (C=O) groups excluding carboxylic acids is 2. The van der Waals surface area contributed by atoms with E-state index in [0.29, 0.717) is 29.3 Å². The largest absolute Gasteiger partial charge is 0.495 e. The molecule has 0 aliphatic heterocycles. The van der Waals surface area contributed by atoms with Crippen molar-refractivity contribution in [2.75, 3.05) is 12.4 Å². The molecule has 2 N–H and O–H groups in total. The molecular formula is C18H18ClN3O3. The summed E-state index contributed by atoms with van der Waals surface area (Å²) >= 11 is 5.97. The number of nitrogens with zero attached hydrogens (tertiary/aromatic N) is 1. The minimum atomic E-state index is -1.04. The number of hydrogen-bond donors (Lipinski definition) is 2. The van der Waals surface area contributed by atoms with Gasteiger partial charge in [0.2, 0.25) is 11.8 Å². The first-order valence-corrected chi connectivity index (χ1v) is 8.26. The average Bonchev–Trinajstić information content (AvgIpc) is 3.43. The predicted molar refractivity (Wildman–Crippen MR) is 94.4 cm³/mol. The van der Waals surface area contributed by atoms with E-state index < -0.39 is 5.41 Å². The van der Waals surface area contributed by atoms with Crippen molar-refractivity contribution in [2.45, 2.75) is 19.4 Å². The predicted octanol–water partition coefficient (Wildman–Crippen LogP) is 2.78. The molecule has 1 saturated carbocycles. The van der Waals surface area contributed by atoms with Crippen molar-refractivity contribution in [3.63, 3.8) is 0 Å². The lowest BCUT2D eigenvalue weighted by atomic mass is 10.0. The van der Waals surface area contributed by atoms with E-state index in [0.717, 1.165) is 5.69 Å². The Balaban J connectivity index is 1.67. The fourth-order valence-corrected chi connectivity index (χ4v) is 2.72. The van der Waals surface area contributed by atoms with Crippen LogP contribution in [0.3, 0.4) is 0 Å². The molecule has 1 aliphatic rings. The summed E-state index contributed by atoms with van der Waals surface area (Å²) < 4.78 is 5.22. The van der Waals surface area contributed by atoms with Crippen LogP contribution in [0.15, 0.2) is 42.6 Å². The van der Waals surface area contributed by atoms with Gasteiger partial charge < -0.3 is 15.4 Å². The van der Waals surface area contributed by atoms with Gasteiger partial charge in [-0.15, -0.1) is 0 Å². The lowest BCUT2D eigenvalue weighted by Gasteiger charge is -2.17. The number of anilines is 1. The molecule has 6 nitrogen and oxygen atoms in total. The molecule has 1 aromatic carbocycles. The third-order valence-electron chi connectivity index (χ3n) is 4.19. The molecule has 2 amide bonds. The monoisotopic (exact) mass is 359 g/mol. The molecule has 1 aromatic heterocycles. The molecule has 0 radical (unpaired) electrons. The maximum atomic E-state index is 12.6. The topological polar surface area (TPSA) is 80.3 Å². The smallest absolute Gasteiger partial charge is 0.240 e. The van der Waals surface area contributed by atoms with Gasteiger partial charge in [-0.2, -0.15) is 0 Å². The van der Waals surface area contributed by atoms with Gasteiger partial charge in [-0.25, -0.2) is 0 Å². The van der Waals surface area contributed by atoms with Crippen molar-refractivity contribution in [2.24, 2.45) is 5.41 Å². The SMILES string of the molecule is COc1ccc(Cl)cc1NC(=O)C1(C(=O)NCc2ccccn2)CC1. The Morgan fingerprint density at radius 1 is 1.24 bits per heavy atom. The molecule has 0 atom stereocenters. The van der Waals surface area contributed by atoms with E-state index in [1.807, 2.05) is 12.1 Å². The van der Waals surface area contributed by atoms with E-state index in [9.17, 15) is 9.59 Å². The maximum absolute atomic E-state index is 12.6. The van der Waals surface area contributed by atoms with Gasteiger partial charge in [0.1, 0.15) is 11.2 Å². The zero-order chi connectivity index (χ0) is 17.9. The summed E-state index contributed by atoms with van der Waals surface area (Å²) in [6.45, 7) is 0.287. The highest BCUT2D eigenvalue weighted by Gasteiger charge is 2.56. The van der Waals surface area contributed by atoms with Crippen molar-refractivity contribution in [1.82, 2.24) is 10.3 Å². The van der Waals surface area contributed by atoms with Crippen LogP contribution in [0.1, 0.15) is 18.5 Å². The lowest BCUT2D eigenvalue weighted by molar-refractivity contribution is -0.134. The quantitative estimate of drug-likeness (QED) is 0.777. The molecule has 3 rings (SSSR count). The van der Waals surface area contributed by atoms with Gasteiger partial charge in [-0.3, -0.25) is 14.6 Å². The van der Waals surface area contributed by atoms with Gasteiger partial charge in [0.05, 0.1) is 25.0 Å². The maximum Gasteiger partial charge on any atom is 0.240 e. The van der Waals surface area contributed by atoms with E-state index in [2.05, 4.69) is 15.6 Å². The summed E-state index contributed by atoms with van der Waals surface area (Å²) in [7, 11) is 1.51. The van der Waals surface area contributed by atoms with Crippen molar-refractivity contribution in [3.8, 4) is 5.75 Å². The van der Waals surface area contributed by atoms with Gasteiger partial charge in [-0.1, -0.05) is 17.7 Å². The zero-order valence-corrected chi connectivity index (χ0v) is 14.5. The summed E-state index contributed by atoms with van der Waals surface area (Å²) in [5.41, 5.74) is 0.148. The van der Waals surface area contributed by atoms with E-state index in [1.54, 1.807) is 30.5 Å². The van der Waals surface area contributed by atoms with Crippen LogP contribution >= 0.6 is 11.6 Å². The Bertz CT molecular complexity index is 791. The van der Waals surface area contributed by atoms with E-state index in [4.69, 9.17) is 16.3 Å². The molecular weight excluding hydrogens is 342 g/mol. The Kier molecular flexibility index (Phi) is 4.90. The Morgan fingerprint density at radius 3 is 2.68 bits per heavy atom. The Labute approximate surface area is 150 Å². The van der Waals surface area contributed by atoms with Crippen LogP contribution in [0.4, 0.5) is 5.69 Å². The van der Waals surface area contributed by atoms with Gasteiger partial charge in [0, 0.05) is 11.2 Å². The summed E-state index contributed by atoms with van der Waals surface area (Å²) in [5, 5.41) is 6.02. The molecule has 1 fully saturated rings. The summed E-state index contributed by atoms with van der Waals surface area (Å²) in [4.78, 5) is 29.3. The van der Waals surface area contributed by atoms with Gasteiger partial charge in [-0.05, 0) is 43.2 Å². The number of halogens is 1. The minimum Gasteiger partial charge on any atom is -0.495 e. The second-order valence-electron chi connectivity index (χ2n) is 5.88. The van der Waals surface area contributed by atoms with Crippen molar-refractivity contribution < 1.29 is 14.3 Å². The number of benzene rings is 1. The van der Waals surface area contributed by atoms with Crippen LogP contribution in [0.25, 0.3) is 0 Å². The van der Waals surface area contributed by atoms with Gasteiger partial charge in [0.25, 0.3) is 0 Å². The number of methoxy groups -OCH3 is 1. The number of carbonyl (C=O) groups is 2. The number of amides is 2. The molecule has 130 valence electrons. The van der Waals surface area contributed by atoms with Crippen LogP contribution in [0.5, 0.6) is 5.75 Å². The molecule has 0 bridgehead atoms. The molecule has 0 saturated heterocycles. The zero-order valence-electron chi connectivity index (χ0n) is 13.7. The van der Waals surface area contributed by atoms with Crippen molar-refractivity contribution in [3.05, 3.63) is 53.3 Å². The first kappa shape index (κ1) is 17.2. The molecule has 25 heavy (non-hydrogen) atoms. The van der Waals surface area contributed by atoms with Crippen molar-refractivity contribution >= 4 is 29.1 Å². The van der Waals surface area contributed by atoms with Crippen LogP contribution in [0.2, 0.25) is 5.02 Å². The van der Waals surface area contributed by atoms with Crippen LogP contribution in [-0.2, 0) is 16.1 Å². The first-order chi connectivity index (χ1) is 12.0. The fourth-order valence-electron chi connectivity index (χ4n) is 2.54. The van der Waals surface area contributed by atoms with Gasteiger partial charge in [0.15, 0.2) is 0 Å². The number of nitrogens with one attached hydrogen (secondary N) is 2. The number of hydrogen-bond acceptors (Lipinski definition) is 4. The highest BCUT2D eigenvalue weighted by atomic mass is 35.5. The molecule has 0 unspecified atom stereocenters. The van der Waals surface area contributed by atoms with Crippen molar-refractivity contribution in [1.29, 1.82) is 0 Å². The van der Waals surface area contributed by atoms with Gasteiger partial charge >= 0.3 is 0 Å². The Hall–Kier alpha value is -2.60. The molecule has 2 aromatic rings. The van der Waals surface area contributed by atoms with Crippen LogP contribution in [0, 0.1) is 5.41 Å². The fraction of sp³-hybridized carbons (Fsp3) is 0.278. The normalized spacial score (nSPS) is 14.5. The average molecular weight is 360 g/mol. The number of pyridine rings is 1. The van der Waals surface area contributed by atoms with Crippen LogP contribution in [-0.4, -0.2) is 23.9 Å². The lowest BCUT2D eigenvalue weighted by Crippen LogP contribution is -2.39. The number of rotatable bonds is 6. The second kappa shape index (κ2) is 7.11. The molecule has 1 aliphatic carbocycles. The second-order valence-corrected chi connectivity index (χ2v) is 6.32. The summed E-state index contributed by atoms with van der Waals surface area (Å²) in [6.07, 6.45) is 2.68. The van der Waals surface area contributed by atoms with Crippen LogP contribution < -0.4 is 15.4 Å². The number of aromatic nitrogens is 1. The standard InChI is InChI=1S/C18H18ClN3O3/c1-25-15-6-5-12(19)10-14(15)22-17(24)18(7-8-18)16(23)21-11-13-4-2-3-9-20-13/h2-6,9-10H,7-8,11H2,1H3,(H,21,23)(H,22,24). The number of ether oxygens (including phenoxy) is 1. The third kappa shape index (κ3) is 3.74. The first-order valence-electron chi connectivity index (χ1n) is 7.88. The highest BCUT2D eigenvalue weighted by Crippen LogP contribution is 2.47. The van der Waals surface area contributed by atoms with E-state index >= 15 is 0 Å². The Morgan fingerprint density at radius 2 is 2.04 bits per heavy atom. The third-order valence-corrected chi connectivity index (χ3v) is 4.42. The van der Waals surface area contributed by atoms with E-state index in [-0.39, 0.29) is 18.4 Å². The molecule has 0 spiro atoms. The summed E-state index contributed by atoms with van der Waals surface area (Å²) in [6, 6.07) is 10.4. The summed E-state index contributed by atoms with van der Waals surface area (Å²) in [5.74, 6) is -0.161. The van der Waals surface area contributed by atoms with E-state index in [1.165, 1.54) is 7.11 Å². The molecule has 1 heterocycles. The highest BCUT2D eigenvalue weighted by molar-refractivity contribution is 6.31. The molecule has 7 heteroatoms.